The summed E-state index contributed by atoms with van der Waals surface area (Å²) < 4.78 is 14.3. The Labute approximate surface area is 204 Å². The summed E-state index contributed by atoms with van der Waals surface area (Å²) in [4.78, 5) is 0. The fraction of sp³-hybridized carbons (Fsp3) is 0.750. The van der Waals surface area contributed by atoms with Crippen molar-refractivity contribution in [1.82, 2.24) is 0 Å². The van der Waals surface area contributed by atoms with Gasteiger partial charge in [0.2, 0.25) is 0 Å². The molecule has 33 heavy (non-hydrogen) atoms. The fourth-order valence-electron chi connectivity index (χ4n) is 6.19. The first kappa shape index (κ1) is 26.5. The first-order chi connectivity index (χ1) is 16.2. The van der Waals surface area contributed by atoms with Crippen molar-refractivity contribution in [3.05, 3.63) is 46.8 Å². The summed E-state index contributed by atoms with van der Waals surface area (Å²) in [5.41, 5.74) is 3.67. The highest BCUT2D eigenvalue weighted by molar-refractivity contribution is 5.25. The lowest BCUT2D eigenvalue weighted by Crippen LogP contribution is -2.16. The van der Waals surface area contributed by atoms with Crippen LogP contribution in [0.4, 0.5) is 4.39 Å². The number of benzene rings is 1. The predicted octanol–water partition coefficient (Wildman–Crippen LogP) is 10.4. The van der Waals surface area contributed by atoms with Gasteiger partial charge in [-0.15, -0.1) is 0 Å². The Balaban J connectivity index is 1.29. The summed E-state index contributed by atoms with van der Waals surface area (Å²) >= 11 is 0. The second-order valence-corrected chi connectivity index (χ2v) is 11.3. The second kappa shape index (κ2) is 15.0. The van der Waals surface area contributed by atoms with E-state index in [1.54, 1.807) is 11.6 Å². The van der Waals surface area contributed by atoms with Gasteiger partial charge in [0.25, 0.3) is 0 Å². The normalized spacial score (nSPS) is 23.5. The van der Waals surface area contributed by atoms with Gasteiger partial charge in [0.1, 0.15) is 5.82 Å². The number of halogens is 1. The third kappa shape index (κ3) is 9.58. The number of aryl methyl sites for hydroxylation is 2. The smallest absolute Gasteiger partial charge is 0.126 e. The highest BCUT2D eigenvalue weighted by Crippen LogP contribution is 2.37. The topological polar surface area (TPSA) is 0 Å². The monoisotopic (exact) mass is 454 g/mol. The van der Waals surface area contributed by atoms with Gasteiger partial charge in [0.05, 0.1) is 0 Å². The van der Waals surface area contributed by atoms with Crippen LogP contribution in [-0.2, 0) is 12.8 Å². The first-order valence-corrected chi connectivity index (χ1v) is 14.6. The molecule has 0 nitrogen and oxygen atoms in total. The molecule has 1 heteroatoms. The maximum atomic E-state index is 14.3. The minimum atomic E-state index is 0.00386. The van der Waals surface area contributed by atoms with Crippen molar-refractivity contribution in [2.24, 2.45) is 17.8 Å². The lowest BCUT2D eigenvalue weighted by molar-refractivity contribution is 0.234. The SMILES string of the molecule is CCCCCCC1CCC(CCC2CC=C(CCc3ccc(CCCC)c(F)c3)CC2)CC1. The molecule has 1 atom stereocenters. The van der Waals surface area contributed by atoms with E-state index in [1.807, 2.05) is 6.07 Å². The molecular formula is C32H51F. The van der Waals surface area contributed by atoms with Crippen molar-refractivity contribution in [3.8, 4) is 0 Å². The zero-order valence-corrected chi connectivity index (χ0v) is 21.9. The Bertz CT molecular complexity index is 694. The van der Waals surface area contributed by atoms with Crippen LogP contribution in [0.5, 0.6) is 0 Å². The van der Waals surface area contributed by atoms with E-state index in [9.17, 15) is 4.39 Å². The third-order valence-electron chi connectivity index (χ3n) is 8.68. The van der Waals surface area contributed by atoms with Crippen LogP contribution in [0, 0.1) is 23.6 Å². The fourth-order valence-corrected chi connectivity index (χ4v) is 6.19. The van der Waals surface area contributed by atoms with E-state index >= 15 is 0 Å². The molecule has 1 unspecified atom stereocenters. The van der Waals surface area contributed by atoms with Gasteiger partial charge in [-0.05, 0) is 86.3 Å². The van der Waals surface area contributed by atoms with E-state index < -0.39 is 0 Å². The van der Waals surface area contributed by atoms with Crippen LogP contribution in [0.1, 0.15) is 134 Å². The highest BCUT2D eigenvalue weighted by Gasteiger charge is 2.22. The molecule has 3 rings (SSSR count). The average molecular weight is 455 g/mol. The van der Waals surface area contributed by atoms with E-state index in [4.69, 9.17) is 0 Å². The van der Waals surface area contributed by atoms with Crippen LogP contribution in [0.2, 0.25) is 0 Å². The van der Waals surface area contributed by atoms with Gasteiger partial charge in [0, 0.05) is 0 Å². The van der Waals surface area contributed by atoms with Crippen molar-refractivity contribution in [1.29, 1.82) is 0 Å². The Morgan fingerprint density at radius 2 is 1.45 bits per heavy atom. The van der Waals surface area contributed by atoms with Crippen molar-refractivity contribution in [2.45, 2.75) is 136 Å². The minimum Gasteiger partial charge on any atom is -0.207 e. The van der Waals surface area contributed by atoms with Gasteiger partial charge in [-0.3, -0.25) is 0 Å². The Kier molecular flexibility index (Phi) is 12.0. The molecule has 0 spiro atoms. The molecule has 0 aromatic heterocycles. The average Bonchev–Trinajstić information content (AvgIpc) is 2.85. The number of rotatable bonds is 14. The van der Waals surface area contributed by atoms with Gasteiger partial charge < -0.3 is 0 Å². The first-order valence-electron chi connectivity index (χ1n) is 14.6. The van der Waals surface area contributed by atoms with E-state index in [2.05, 4.69) is 26.0 Å². The molecule has 1 aromatic carbocycles. The predicted molar refractivity (Wildman–Crippen MR) is 142 cm³/mol. The maximum Gasteiger partial charge on any atom is 0.126 e. The molecule has 2 aliphatic carbocycles. The van der Waals surface area contributed by atoms with Crippen LogP contribution in [0.15, 0.2) is 29.8 Å². The number of hydrogen-bond acceptors (Lipinski definition) is 0. The van der Waals surface area contributed by atoms with Crippen molar-refractivity contribution < 1.29 is 4.39 Å². The summed E-state index contributed by atoms with van der Waals surface area (Å²) in [6.45, 7) is 4.47. The van der Waals surface area contributed by atoms with Crippen LogP contribution in [0.25, 0.3) is 0 Å². The molecule has 0 N–H and O–H groups in total. The summed E-state index contributed by atoms with van der Waals surface area (Å²) in [7, 11) is 0. The molecule has 0 aliphatic heterocycles. The molecule has 2 aliphatic rings. The summed E-state index contributed by atoms with van der Waals surface area (Å²) in [5, 5.41) is 0. The largest absolute Gasteiger partial charge is 0.207 e. The molecule has 0 heterocycles. The van der Waals surface area contributed by atoms with Crippen molar-refractivity contribution in [3.63, 3.8) is 0 Å². The lowest BCUT2D eigenvalue weighted by atomic mass is 9.76. The van der Waals surface area contributed by atoms with Gasteiger partial charge in [-0.1, -0.05) is 108 Å². The number of unbranched alkanes of at least 4 members (excludes halogenated alkanes) is 4. The van der Waals surface area contributed by atoms with Crippen molar-refractivity contribution >= 4 is 0 Å². The van der Waals surface area contributed by atoms with Crippen molar-refractivity contribution in [2.75, 3.05) is 0 Å². The molecule has 0 bridgehead atoms. The minimum absolute atomic E-state index is 0.00386. The molecule has 0 saturated heterocycles. The zero-order chi connectivity index (χ0) is 23.3. The van der Waals surface area contributed by atoms with Crippen LogP contribution in [-0.4, -0.2) is 0 Å². The molecule has 186 valence electrons. The zero-order valence-electron chi connectivity index (χ0n) is 21.9. The van der Waals surface area contributed by atoms with E-state index in [1.165, 1.54) is 89.9 Å². The van der Waals surface area contributed by atoms with Crippen LogP contribution in [0.3, 0.4) is 0 Å². The Morgan fingerprint density at radius 1 is 0.727 bits per heavy atom. The van der Waals surface area contributed by atoms with E-state index in [-0.39, 0.29) is 5.82 Å². The van der Waals surface area contributed by atoms with Gasteiger partial charge in [-0.2, -0.15) is 0 Å². The molecule has 0 amide bonds. The van der Waals surface area contributed by atoms with Gasteiger partial charge in [-0.25, -0.2) is 4.39 Å². The summed E-state index contributed by atoms with van der Waals surface area (Å²) in [5.74, 6) is 2.97. The number of hydrogen-bond donors (Lipinski definition) is 0. The van der Waals surface area contributed by atoms with E-state index in [0.717, 1.165) is 61.0 Å². The van der Waals surface area contributed by atoms with Crippen LogP contribution >= 0.6 is 0 Å². The molecule has 0 radical (unpaired) electrons. The summed E-state index contributed by atoms with van der Waals surface area (Å²) in [6, 6.07) is 5.96. The van der Waals surface area contributed by atoms with Crippen LogP contribution < -0.4 is 0 Å². The molecule has 1 aromatic rings. The number of allylic oxidation sites excluding steroid dienone is 2. The molecule has 1 fully saturated rings. The summed E-state index contributed by atoms with van der Waals surface area (Å²) in [6.07, 6.45) is 27.8. The maximum absolute atomic E-state index is 14.3. The quantitative estimate of drug-likeness (QED) is 0.194. The standard InChI is InChI=1S/C32H51F/c1-3-5-7-8-9-26-11-13-27(14-12-26)15-16-28-17-19-29(20-18-28)21-22-30-23-24-31(10-6-4-2)32(33)25-30/h19,23-28H,3-18,20-22H2,1-2H3. The molecular weight excluding hydrogens is 403 g/mol. The Morgan fingerprint density at radius 3 is 2.12 bits per heavy atom. The van der Waals surface area contributed by atoms with E-state index in [0.29, 0.717) is 0 Å². The Hall–Kier alpha value is -1.11. The van der Waals surface area contributed by atoms with Gasteiger partial charge >= 0.3 is 0 Å². The lowest BCUT2D eigenvalue weighted by Gasteiger charge is -2.30. The highest BCUT2D eigenvalue weighted by atomic mass is 19.1. The van der Waals surface area contributed by atoms with Gasteiger partial charge in [0.15, 0.2) is 0 Å². The third-order valence-corrected chi connectivity index (χ3v) is 8.68. The second-order valence-electron chi connectivity index (χ2n) is 11.3. The molecule has 1 saturated carbocycles.